The first kappa shape index (κ1) is 7.40. The average molecular weight is 146 g/mol. The van der Waals surface area contributed by atoms with Crippen LogP contribution in [0, 0.1) is 12.3 Å². The molecule has 1 radical (unpaired) electrons. The van der Waals surface area contributed by atoms with Crippen molar-refractivity contribution in [3.8, 4) is 0 Å². The van der Waals surface area contributed by atoms with E-state index in [9.17, 15) is 0 Å². The van der Waals surface area contributed by atoms with Crippen LogP contribution in [0.4, 0.5) is 0 Å². The van der Waals surface area contributed by atoms with Gasteiger partial charge in [-0.3, -0.25) is 0 Å². The lowest BCUT2D eigenvalue weighted by atomic mass is 9.88. The van der Waals surface area contributed by atoms with Crippen LogP contribution in [-0.2, 0) is 0 Å². The van der Waals surface area contributed by atoms with E-state index < -0.39 is 0 Å². The fourth-order valence-corrected chi connectivity index (χ4v) is 1.75. The molecular weight excluding hydrogens is 132 g/mol. The van der Waals surface area contributed by atoms with Crippen LogP contribution in [0.1, 0.15) is 32.1 Å². The molecule has 0 aliphatic heterocycles. The summed E-state index contributed by atoms with van der Waals surface area (Å²) in [6.07, 6.45) is 9.06. The Hall–Kier alpha value is 0.290. The molecule has 1 aliphatic rings. The summed E-state index contributed by atoms with van der Waals surface area (Å²) in [7, 11) is 0. The molecule has 1 rings (SSSR count). The van der Waals surface area contributed by atoms with Gasteiger partial charge >= 0.3 is 0 Å². The fraction of sp³-hybridized carbons (Fsp3) is 0.875. The Morgan fingerprint density at radius 2 is 2.44 bits per heavy atom. The molecule has 0 saturated heterocycles. The third-order valence-electron chi connectivity index (χ3n) is 2.04. The van der Waals surface area contributed by atoms with E-state index >= 15 is 0 Å². The minimum Gasteiger partial charge on any atom is -0.127 e. The van der Waals surface area contributed by atoms with Gasteiger partial charge in [0.15, 0.2) is 0 Å². The molecule has 0 amide bonds. The molecule has 0 heterocycles. The van der Waals surface area contributed by atoms with E-state index in [1.807, 2.05) is 0 Å². The predicted molar refractivity (Wildman–Crippen MR) is 41.6 cm³/mol. The van der Waals surface area contributed by atoms with Gasteiger partial charge in [-0.25, -0.2) is 0 Å². The Morgan fingerprint density at radius 3 is 3.00 bits per heavy atom. The lowest BCUT2D eigenvalue weighted by Gasteiger charge is -2.19. The second kappa shape index (κ2) is 4.16. The molecule has 1 atom stereocenters. The van der Waals surface area contributed by atoms with Crippen molar-refractivity contribution in [2.45, 2.75) is 32.1 Å². The summed E-state index contributed by atoms with van der Waals surface area (Å²) in [6.45, 7) is 0. The molecule has 1 heteroatoms. The van der Waals surface area contributed by atoms with Crippen molar-refractivity contribution < 1.29 is 0 Å². The van der Waals surface area contributed by atoms with Crippen LogP contribution in [0.2, 0.25) is 0 Å². The highest BCUT2D eigenvalue weighted by Crippen LogP contribution is 2.25. The maximum Gasteiger partial charge on any atom is 0.0226 e. The summed E-state index contributed by atoms with van der Waals surface area (Å²) in [4.78, 5) is 0. The molecule has 1 fully saturated rings. The van der Waals surface area contributed by atoms with Crippen LogP contribution in [0.3, 0.4) is 0 Å². The monoisotopic (exact) mass is 145 g/mol. The molecule has 0 bridgehead atoms. The fourth-order valence-electron chi connectivity index (χ4n) is 1.44. The molecule has 1 saturated carbocycles. The van der Waals surface area contributed by atoms with E-state index in [4.69, 9.17) is 11.6 Å². The first-order valence-electron chi connectivity index (χ1n) is 3.81. The van der Waals surface area contributed by atoms with E-state index in [-0.39, 0.29) is 0 Å². The van der Waals surface area contributed by atoms with Gasteiger partial charge < -0.3 is 0 Å². The number of rotatable bonds is 2. The second-order valence-corrected chi connectivity index (χ2v) is 3.18. The first-order valence-corrected chi connectivity index (χ1v) is 4.34. The third-order valence-corrected chi connectivity index (χ3v) is 2.26. The summed E-state index contributed by atoms with van der Waals surface area (Å²) in [5, 5.41) is 0. The maximum atomic E-state index is 5.62. The molecule has 9 heavy (non-hydrogen) atoms. The molecule has 0 N–H and O–H groups in total. The van der Waals surface area contributed by atoms with Gasteiger partial charge in [0, 0.05) is 5.88 Å². The molecule has 53 valence electrons. The Balaban J connectivity index is 2.08. The smallest absolute Gasteiger partial charge is 0.0226 e. The third kappa shape index (κ3) is 2.57. The van der Waals surface area contributed by atoms with Crippen molar-refractivity contribution in [2.24, 2.45) is 5.92 Å². The molecule has 0 aromatic heterocycles. The van der Waals surface area contributed by atoms with Crippen molar-refractivity contribution >= 4 is 11.6 Å². The van der Waals surface area contributed by atoms with Gasteiger partial charge in [0.2, 0.25) is 0 Å². The standard InChI is InChI=1S/C8H14Cl/c9-7-6-8-4-2-1-3-5-8/h2,8H,1,3-7H2. The number of hydrogen-bond donors (Lipinski definition) is 0. The molecule has 1 unspecified atom stereocenters. The van der Waals surface area contributed by atoms with Gasteiger partial charge in [-0.2, -0.15) is 0 Å². The SMILES string of the molecule is ClCCC1C[CH]CCC1. The summed E-state index contributed by atoms with van der Waals surface area (Å²) in [5.74, 6) is 1.76. The minimum atomic E-state index is 0.846. The number of alkyl halides is 1. The normalized spacial score (nSPS) is 22.3. The van der Waals surface area contributed by atoms with E-state index in [1.54, 1.807) is 0 Å². The van der Waals surface area contributed by atoms with Gasteiger partial charge in [0.1, 0.15) is 0 Å². The zero-order valence-electron chi connectivity index (χ0n) is 5.78. The number of hydrogen-bond acceptors (Lipinski definition) is 0. The Kier molecular flexibility index (Phi) is 3.42. The van der Waals surface area contributed by atoms with Gasteiger partial charge in [-0.1, -0.05) is 19.3 Å². The topological polar surface area (TPSA) is 0 Å². The summed E-state index contributed by atoms with van der Waals surface area (Å²) in [5.41, 5.74) is 0. The zero-order chi connectivity index (χ0) is 6.53. The van der Waals surface area contributed by atoms with Crippen molar-refractivity contribution in [1.29, 1.82) is 0 Å². The van der Waals surface area contributed by atoms with Crippen molar-refractivity contribution in [1.82, 2.24) is 0 Å². The van der Waals surface area contributed by atoms with Gasteiger partial charge in [-0.05, 0) is 25.2 Å². The summed E-state index contributed by atoms with van der Waals surface area (Å²) < 4.78 is 0. The summed E-state index contributed by atoms with van der Waals surface area (Å²) in [6, 6.07) is 0. The van der Waals surface area contributed by atoms with Crippen LogP contribution in [0.25, 0.3) is 0 Å². The van der Waals surface area contributed by atoms with E-state index in [0.717, 1.165) is 11.8 Å². The first-order chi connectivity index (χ1) is 4.43. The second-order valence-electron chi connectivity index (χ2n) is 2.80. The summed E-state index contributed by atoms with van der Waals surface area (Å²) >= 11 is 5.62. The molecule has 1 aliphatic carbocycles. The Labute approximate surface area is 62.6 Å². The molecule has 0 aromatic rings. The van der Waals surface area contributed by atoms with E-state index in [1.165, 1.54) is 32.1 Å². The highest BCUT2D eigenvalue weighted by Gasteiger charge is 2.11. The highest BCUT2D eigenvalue weighted by molar-refractivity contribution is 6.17. The Bertz CT molecular complexity index is 62.2. The minimum absolute atomic E-state index is 0.846. The highest BCUT2D eigenvalue weighted by atomic mass is 35.5. The van der Waals surface area contributed by atoms with Crippen molar-refractivity contribution in [2.75, 3.05) is 5.88 Å². The Morgan fingerprint density at radius 1 is 1.56 bits per heavy atom. The van der Waals surface area contributed by atoms with Gasteiger partial charge in [0.05, 0.1) is 0 Å². The van der Waals surface area contributed by atoms with E-state index in [2.05, 4.69) is 6.42 Å². The van der Waals surface area contributed by atoms with Crippen LogP contribution in [-0.4, -0.2) is 5.88 Å². The van der Waals surface area contributed by atoms with Gasteiger partial charge in [-0.15, -0.1) is 11.6 Å². The maximum absolute atomic E-state index is 5.62. The number of halogens is 1. The van der Waals surface area contributed by atoms with E-state index in [0.29, 0.717) is 0 Å². The lowest BCUT2D eigenvalue weighted by Crippen LogP contribution is -2.06. The van der Waals surface area contributed by atoms with Crippen LogP contribution >= 0.6 is 11.6 Å². The molecule has 0 spiro atoms. The molecule has 0 aromatic carbocycles. The van der Waals surface area contributed by atoms with Crippen molar-refractivity contribution in [3.05, 3.63) is 6.42 Å². The predicted octanol–water partition coefficient (Wildman–Crippen LogP) is 3.01. The lowest BCUT2D eigenvalue weighted by molar-refractivity contribution is 0.404. The largest absolute Gasteiger partial charge is 0.127 e. The van der Waals surface area contributed by atoms with Crippen LogP contribution in [0.5, 0.6) is 0 Å². The zero-order valence-corrected chi connectivity index (χ0v) is 6.53. The average Bonchev–Trinajstić information content (AvgIpc) is 1.91. The molecular formula is C8H14Cl. The van der Waals surface area contributed by atoms with Crippen molar-refractivity contribution in [3.63, 3.8) is 0 Å². The quantitative estimate of drug-likeness (QED) is 0.524. The van der Waals surface area contributed by atoms with Crippen LogP contribution in [0.15, 0.2) is 0 Å². The van der Waals surface area contributed by atoms with Gasteiger partial charge in [0.25, 0.3) is 0 Å². The molecule has 0 nitrogen and oxygen atoms in total. The van der Waals surface area contributed by atoms with Crippen LogP contribution < -0.4 is 0 Å².